The van der Waals surface area contributed by atoms with Gasteiger partial charge in [-0.05, 0) is 11.1 Å². The van der Waals surface area contributed by atoms with Gasteiger partial charge >= 0.3 is 0 Å². The molecule has 0 aromatic heterocycles. The molecule has 2 rings (SSSR count). The fourth-order valence-corrected chi connectivity index (χ4v) is 2.20. The second kappa shape index (κ2) is 7.75. The third-order valence-corrected chi connectivity index (χ3v) is 3.12. The number of nitrogens with zero attached hydrogens (tertiary/aromatic N) is 1. The van der Waals surface area contributed by atoms with Crippen molar-refractivity contribution in [1.82, 2.24) is 4.90 Å². The molecule has 0 amide bonds. The van der Waals surface area contributed by atoms with E-state index in [1.807, 2.05) is 65.6 Å². The van der Waals surface area contributed by atoms with Gasteiger partial charge in [-0.15, -0.1) is 0 Å². The van der Waals surface area contributed by atoms with E-state index >= 15 is 0 Å². The summed E-state index contributed by atoms with van der Waals surface area (Å²) in [4.78, 5) is 1.94. The van der Waals surface area contributed by atoms with E-state index in [2.05, 4.69) is 0 Å². The summed E-state index contributed by atoms with van der Waals surface area (Å²) >= 11 is 0. The van der Waals surface area contributed by atoms with Crippen molar-refractivity contribution in [3.63, 3.8) is 0 Å². The minimum absolute atomic E-state index is 0.111. The van der Waals surface area contributed by atoms with Crippen LogP contribution in [0, 0.1) is 0 Å². The van der Waals surface area contributed by atoms with Crippen molar-refractivity contribution >= 4 is 0 Å². The van der Waals surface area contributed by atoms with E-state index in [0.717, 1.165) is 11.1 Å². The number of halogens is 2. The Kier molecular flexibility index (Phi) is 5.69. The normalized spacial score (nSPS) is 12.6. The van der Waals surface area contributed by atoms with E-state index in [1.165, 1.54) is 0 Å². The van der Waals surface area contributed by atoms with Crippen LogP contribution in [0.1, 0.15) is 11.1 Å². The van der Waals surface area contributed by atoms with Crippen molar-refractivity contribution < 1.29 is 8.78 Å². The lowest BCUT2D eigenvalue weighted by Crippen LogP contribution is -2.30. The Bertz CT molecular complexity index is 445. The summed E-state index contributed by atoms with van der Waals surface area (Å²) in [6, 6.07) is 19.7. The Labute approximate surface area is 118 Å². The molecule has 106 valence electrons. The van der Waals surface area contributed by atoms with E-state index < -0.39 is 12.8 Å². The first-order valence-electron chi connectivity index (χ1n) is 6.78. The van der Waals surface area contributed by atoms with Gasteiger partial charge in [-0.2, -0.15) is 0 Å². The van der Waals surface area contributed by atoms with Gasteiger partial charge in [-0.3, -0.25) is 4.90 Å². The Balaban J connectivity index is 2.04. The second-order valence-corrected chi connectivity index (χ2v) is 4.89. The molecule has 0 aliphatic heterocycles. The van der Waals surface area contributed by atoms with Crippen LogP contribution in [0.3, 0.4) is 0 Å². The molecule has 0 aliphatic carbocycles. The summed E-state index contributed by atoms with van der Waals surface area (Å²) in [5.41, 5.74) is 2.21. The molecule has 0 N–H and O–H groups in total. The van der Waals surface area contributed by atoms with Gasteiger partial charge in [0.2, 0.25) is 0 Å². The van der Waals surface area contributed by atoms with E-state index in [1.54, 1.807) is 0 Å². The quantitative estimate of drug-likeness (QED) is 0.738. The van der Waals surface area contributed by atoms with Crippen molar-refractivity contribution in [3.8, 4) is 0 Å². The number of benzene rings is 2. The Morgan fingerprint density at radius 1 is 0.800 bits per heavy atom. The van der Waals surface area contributed by atoms with Crippen LogP contribution >= 0.6 is 0 Å². The molecule has 0 fully saturated rings. The van der Waals surface area contributed by atoms with Crippen LogP contribution in [-0.4, -0.2) is 24.3 Å². The molecular formula is C17H19F2N. The third-order valence-electron chi connectivity index (χ3n) is 3.12. The summed E-state index contributed by atoms with van der Waals surface area (Å²) in [7, 11) is 0. The van der Waals surface area contributed by atoms with Crippen molar-refractivity contribution in [3.05, 3.63) is 71.8 Å². The number of rotatable bonds is 7. The topological polar surface area (TPSA) is 3.24 Å². The fraction of sp³-hybridized carbons (Fsp3) is 0.294. The predicted octanol–water partition coefficient (Wildman–Crippen LogP) is 4.00. The SMILES string of the molecule is FCC(F)CN(Cc1ccccc1)Cc1ccccc1. The zero-order valence-electron chi connectivity index (χ0n) is 11.4. The molecule has 2 aromatic carbocycles. The van der Waals surface area contributed by atoms with E-state index in [9.17, 15) is 8.78 Å². The zero-order chi connectivity index (χ0) is 14.2. The predicted molar refractivity (Wildman–Crippen MR) is 77.9 cm³/mol. The molecule has 0 bridgehead atoms. The summed E-state index contributed by atoms with van der Waals surface area (Å²) in [5, 5.41) is 0. The molecule has 1 atom stereocenters. The molecule has 0 heterocycles. The van der Waals surface area contributed by atoms with Crippen molar-refractivity contribution in [2.45, 2.75) is 19.3 Å². The maximum Gasteiger partial charge on any atom is 0.141 e. The average Bonchev–Trinajstić information content (AvgIpc) is 2.49. The van der Waals surface area contributed by atoms with Crippen LogP contribution in [0.5, 0.6) is 0 Å². The molecule has 0 saturated heterocycles. The van der Waals surface area contributed by atoms with Crippen LogP contribution < -0.4 is 0 Å². The number of alkyl halides is 2. The molecule has 0 saturated carbocycles. The van der Waals surface area contributed by atoms with Gasteiger partial charge in [0, 0.05) is 19.6 Å². The van der Waals surface area contributed by atoms with Crippen molar-refractivity contribution in [2.24, 2.45) is 0 Å². The lowest BCUT2D eigenvalue weighted by Gasteiger charge is -2.23. The van der Waals surface area contributed by atoms with Gasteiger partial charge in [0.15, 0.2) is 0 Å². The highest BCUT2D eigenvalue weighted by Crippen LogP contribution is 2.11. The Hall–Kier alpha value is -1.74. The lowest BCUT2D eigenvalue weighted by atomic mass is 10.1. The highest BCUT2D eigenvalue weighted by Gasteiger charge is 2.14. The maximum atomic E-state index is 13.4. The first-order chi connectivity index (χ1) is 9.78. The lowest BCUT2D eigenvalue weighted by molar-refractivity contribution is 0.155. The monoisotopic (exact) mass is 275 g/mol. The van der Waals surface area contributed by atoms with Gasteiger partial charge in [0.25, 0.3) is 0 Å². The Morgan fingerprint density at radius 2 is 1.25 bits per heavy atom. The minimum atomic E-state index is -1.43. The molecule has 20 heavy (non-hydrogen) atoms. The molecule has 0 aliphatic rings. The smallest absolute Gasteiger partial charge is 0.141 e. The van der Waals surface area contributed by atoms with Gasteiger partial charge in [0.1, 0.15) is 12.8 Å². The summed E-state index contributed by atoms with van der Waals surface area (Å²) in [6.45, 7) is 0.423. The van der Waals surface area contributed by atoms with Crippen LogP contribution in [0.15, 0.2) is 60.7 Å². The summed E-state index contributed by atoms with van der Waals surface area (Å²) < 4.78 is 25.8. The highest BCUT2D eigenvalue weighted by molar-refractivity contribution is 5.17. The zero-order valence-corrected chi connectivity index (χ0v) is 11.4. The standard InChI is InChI=1S/C17H19F2N/c18-11-17(19)14-20(12-15-7-3-1-4-8-15)13-16-9-5-2-6-10-16/h1-10,17H,11-14H2. The molecule has 0 radical (unpaired) electrons. The molecule has 1 unspecified atom stereocenters. The maximum absolute atomic E-state index is 13.4. The number of hydrogen-bond donors (Lipinski definition) is 0. The summed E-state index contributed by atoms with van der Waals surface area (Å²) in [5.74, 6) is 0. The third kappa shape index (κ3) is 4.74. The molecule has 3 heteroatoms. The van der Waals surface area contributed by atoms with Crippen LogP contribution in [0.2, 0.25) is 0 Å². The first kappa shape index (κ1) is 14.7. The van der Waals surface area contributed by atoms with Gasteiger partial charge in [0.05, 0.1) is 0 Å². The molecule has 0 spiro atoms. The fourth-order valence-electron chi connectivity index (χ4n) is 2.20. The van der Waals surface area contributed by atoms with Gasteiger partial charge in [-0.1, -0.05) is 60.7 Å². The first-order valence-corrected chi connectivity index (χ1v) is 6.78. The number of hydrogen-bond acceptors (Lipinski definition) is 1. The minimum Gasteiger partial charge on any atom is -0.292 e. The molecule has 1 nitrogen and oxygen atoms in total. The summed E-state index contributed by atoms with van der Waals surface area (Å²) in [6.07, 6.45) is -1.43. The van der Waals surface area contributed by atoms with E-state index in [4.69, 9.17) is 0 Å². The molecular weight excluding hydrogens is 256 g/mol. The van der Waals surface area contributed by atoms with Crippen LogP contribution in [0.4, 0.5) is 8.78 Å². The highest BCUT2D eigenvalue weighted by atomic mass is 19.2. The largest absolute Gasteiger partial charge is 0.292 e. The Morgan fingerprint density at radius 3 is 1.65 bits per heavy atom. The molecule has 2 aromatic rings. The van der Waals surface area contributed by atoms with Gasteiger partial charge < -0.3 is 0 Å². The van der Waals surface area contributed by atoms with Crippen LogP contribution in [0.25, 0.3) is 0 Å². The van der Waals surface area contributed by atoms with Crippen LogP contribution in [-0.2, 0) is 13.1 Å². The van der Waals surface area contributed by atoms with Gasteiger partial charge in [-0.25, -0.2) is 8.78 Å². The van der Waals surface area contributed by atoms with E-state index in [-0.39, 0.29) is 6.54 Å². The van der Waals surface area contributed by atoms with Crippen molar-refractivity contribution in [2.75, 3.05) is 13.2 Å². The second-order valence-electron chi connectivity index (χ2n) is 4.89. The average molecular weight is 275 g/mol. The van der Waals surface area contributed by atoms with Crippen molar-refractivity contribution in [1.29, 1.82) is 0 Å². The van der Waals surface area contributed by atoms with E-state index in [0.29, 0.717) is 13.1 Å².